The summed E-state index contributed by atoms with van der Waals surface area (Å²) in [6.07, 6.45) is 1.09. The molecule has 1 saturated heterocycles. The zero-order chi connectivity index (χ0) is 29.6. The third kappa shape index (κ3) is 8.49. The Morgan fingerprint density at radius 2 is 1.66 bits per heavy atom. The molecule has 3 amide bonds. The summed E-state index contributed by atoms with van der Waals surface area (Å²) in [6.45, 7) is 4.12. The van der Waals surface area contributed by atoms with E-state index >= 15 is 4.39 Å². The van der Waals surface area contributed by atoms with E-state index in [1.165, 1.54) is 23.1 Å². The maximum Gasteiger partial charge on any atom is 0.322 e. The van der Waals surface area contributed by atoms with Crippen LogP contribution < -0.4 is 10.6 Å². The van der Waals surface area contributed by atoms with Gasteiger partial charge >= 0.3 is 6.03 Å². The highest BCUT2D eigenvalue weighted by Gasteiger charge is 2.22. The van der Waals surface area contributed by atoms with Crippen LogP contribution in [0.3, 0.4) is 0 Å². The molecule has 1 aliphatic heterocycles. The van der Waals surface area contributed by atoms with Gasteiger partial charge in [-0.15, -0.1) is 0 Å². The number of rotatable bonds is 9. The molecule has 218 valence electrons. The van der Waals surface area contributed by atoms with Gasteiger partial charge in [0.1, 0.15) is 12.4 Å². The largest absolute Gasteiger partial charge is 0.322 e. The minimum absolute atomic E-state index is 0.0762. The monoisotopic (exact) mass is 601 g/mol. The minimum Gasteiger partial charge on any atom is -0.322 e. The van der Waals surface area contributed by atoms with E-state index in [-0.39, 0.29) is 17.1 Å². The number of likely N-dealkylation sites (N-methyl/N-ethyl adjacent to an activating group) is 1. The van der Waals surface area contributed by atoms with Crippen molar-refractivity contribution in [3.63, 3.8) is 0 Å². The molecule has 9 nitrogen and oxygen atoms in total. The predicted octanol–water partition coefficient (Wildman–Crippen LogP) is 4.27. The smallest absolute Gasteiger partial charge is 0.322 e. The fraction of sp³-hybridized carbons (Fsp3) is 0.310. The molecule has 3 aromatic rings. The second-order valence-electron chi connectivity index (χ2n) is 10.0. The van der Waals surface area contributed by atoms with Crippen LogP contribution in [0.4, 0.5) is 20.6 Å². The van der Waals surface area contributed by atoms with Crippen LogP contribution in [0.2, 0.25) is 5.02 Å². The number of hydrogen-bond donors (Lipinski definition) is 2. The van der Waals surface area contributed by atoms with Gasteiger partial charge in [-0.25, -0.2) is 17.6 Å². The van der Waals surface area contributed by atoms with E-state index in [1.54, 1.807) is 48.5 Å². The van der Waals surface area contributed by atoms with Crippen molar-refractivity contribution in [1.82, 2.24) is 14.7 Å². The summed E-state index contributed by atoms with van der Waals surface area (Å²) < 4.78 is 39.4. The fourth-order valence-electron chi connectivity index (χ4n) is 4.50. The molecule has 0 saturated carbocycles. The van der Waals surface area contributed by atoms with Gasteiger partial charge in [0, 0.05) is 61.8 Å². The summed E-state index contributed by atoms with van der Waals surface area (Å²) in [7, 11) is -1.48. The lowest BCUT2D eigenvalue weighted by atomic mass is 10.0. The maximum atomic E-state index is 15.1. The van der Waals surface area contributed by atoms with Gasteiger partial charge in [0.15, 0.2) is 9.84 Å². The number of halogens is 2. The van der Waals surface area contributed by atoms with E-state index in [1.807, 2.05) is 0 Å². The Morgan fingerprint density at radius 3 is 2.32 bits per heavy atom. The Morgan fingerprint density at radius 1 is 0.976 bits per heavy atom. The normalized spacial score (nSPS) is 14.4. The zero-order valence-corrected chi connectivity index (χ0v) is 24.5. The Hall–Kier alpha value is -3.51. The van der Waals surface area contributed by atoms with Crippen LogP contribution in [0.1, 0.15) is 0 Å². The van der Waals surface area contributed by atoms with E-state index in [2.05, 4.69) is 27.5 Å². The van der Waals surface area contributed by atoms with Crippen LogP contribution in [0.5, 0.6) is 0 Å². The van der Waals surface area contributed by atoms with Gasteiger partial charge in [-0.1, -0.05) is 35.9 Å². The lowest BCUT2D eigenvalue weighted by Gasteiger charge is -2.33. The first-order valence-corrected chi connectivity index (χ1v) is 15.4. The van der Waals surface area contributed by atoms with Crippen molar-refractivity contribution < 1.29 is 22.4 Å². The molecule has 12 heteroatoms. The van der Waals surface area contributed by atoms with E-state index in [0.29, 0.717) is 34.9 Å². The number of amides is 3. The minimum atomic E-state index is -3.53. The third-order valence-electron chi connectivity index (χ3n) is 6.84. The molecule has 3 aromatic carbocycles. The van der Waals surface area contributed by atoms with Gasteiger partial charge in [-0.05, 0) is 55.1 Å². The average Bonchev–Trinajstić information content (AvgIpc) is 2.93. The summed E-state index contributed by atoms with van der Waals surface area (Å²) in [5, 5.41) is 5.86. The van der Waals surface area contributed by atoms with Crippen molar-refractivity contribution >= 4 is 44.8 Å². The van der Waals surface area contributed by atoms with Crippen molar-refractivity contribution in [3.05, 3.63) is 77.6 Å². The average molecular weight is 602 g/mol. The highest BCUT2D eigenvalue weighted by Crippen LogP contribution is 2.29. The van der Waals surface area contributed by atoms with Gasteiger partial charge in [-0.3, -0.25) is 9.69 Å². The molecule has 0 atom stereocenters. The summed E-state index contributed by atoms with van der Waals surface area (Å²) in [4.78, 5) is 32.1. The van der Waals surface area contributed by atoms with Crippen LogP contribution in [0, 0.1) is 5.82 Å². The molecule has 4 rings (SSSR count). The van der Waals surface area contributed by atoms with Gasteiger partial charge < -0.3 is 20.4 Å². The fourth-order valence-corrected chi connectivity index (χ4v) is 5.53. The highest BCUT2D eigenvalue weighted by molar-refractivity contribution is 7.90. The first kappa shape index (κ1) is 30.4. The van der Waals surface area contributed by atoms with Gasteiger partial charge in [-0.2, -0.15) is 0 Å². The number of nitrogens with zero attached hydrogens (tertiary/aromatic N) is 3. The quantitative estimate of drug-likeness (QED) is 0.380. The Balaban J connectivity index is 1.46. The van der Waals surface area contributed by atoms with E-state index in [4.69, 9.17) is 11.6 Å². The zero-order valence-electron chi connectivity index (χ0n) is 22.9. The van der Waals surface area contributed by atoms with Crippen LogP contribution in [-0.4, -0.2) is 94.2 Å². The molecular weight excluding hydrogens is 569 g/mol. The van der Waals surface area contributed by atoms with E-state index < -0.39 is 27.6 Å². The van der Waals surface area contributed by atoms with Crippen molar-refractivity contribution in [3.8, 4) is 11.1 Å². The SMILES string of the molecule is CN1CCN(CCN(CC(=O)Nc2ccc(-c3ccccc3S(C)(=O)=O)cc2F)C(=O)Nc2ccc(Cl)cc2)CC1. The van der Waals surface area contributed by atoms with Gasteiger partial charge in [0.2, 0.25) is 5.91 Å². The number of hydrogen-bond acceptors (Lipinski definition) is 6. The van der Waals surface area contributed by atoms with Gasteiger partial charge in [0.05, 0.1) is 10.6 Å². The number of urea groups is 1. The van der Waals surface area contributed by atoms with Gasteiger partial charge in [0.25, 0.3) is 0 Å². The van der Waals surface area contributed by atoms with Crippen molar-refractivity contribution in [2.75, 3.05) is 69.8 Å². The lowest BCUT2D eigenvalue weighted by molar-refractivity contribution is -0.116. The van der Waals surface area contributed by atoms with Crippen LogP contribution >= 0.6 is 11.6 Å². The summed E-state index contributed by atoms with van der Waals surface area (Å²) in [5.74, 6) is -1.30. The summed E-state index contributed by atoms with van der Waals surface area (Å²) >= 11 is 5.95. The molecular formula is C29H33ClFN5O4S. The predicted molar refractivity (Wildman–Crippen MR) is 160 cm³/mol. The molecule has 2 N–H and O–H groups in total. The molecule has 41 heavy (non-hydrogen) atoms. The third-order valence-corrected chi connectivity index (χ3v) is 8.25. The van der Waals surface area contributed by atoms with E-state index in [9.17, 15) is 18.0 Å². The molecule has 0 bridgehead atoms. The van der Waals surface area contributed by atoms with Crippen LogP contribution in [-0.2, 0) is 14.6 Å². The molecule has 0 aromatic heterocycles. The highest BCUT2D eigenvalue weighted by atomic mass is 35.5. The number of benzene rings is 3. The summed E-state index contributed by atoms with van der Waals surface area (Å²) in [6, 6.07) is 16.6. The number of nitrogens with one attached hydrogen (secondary N) is 2. The Bertz CT molecular complexity index is 1500. The number of carbonyl (C=O) groups excluding carboxylic acids is 2. The number of carbonyl (C=O) groups is 2. The standard InChI is InChI=1S/C29H33ClFN5O4S/c1-34-13-15-35(16-14-34)17-18-36(29(38)32-23-10-8-22(30)9-11-23)20-28(37)33-26-12-7-21(19-25(26)31)24-5-3-4-6-27(24)41(2,39)40/h3-12,19H,13-18,20H2,1-2H3,(H,32,38)(H,33,37). The van der Waals surface area contributed by atoms with Crippen molar-refractivity contribution in [2.45, 2.75) is 4.90 Å². The maximum absolute atomic E-state index is 15.1. The Kier molecular flexibility index (Phi) is 9.98. The topological polar surface area (TPSA) is 102 Å². The number of piperazine rings is 1. The van der Waals surface area contributed by atoms with E-state index in [0.717, 1.165) is 32.4 Å². The second-order valence-corrected chi connectivity index (χ2v) is 12.4. The molecule has 0 aliphatic carbocycles. The summed E-state index contributed by atoms with van der Waals surface area (Å²) in [5.41, 5.74) is 1.17. The first-order valence-electron chi connectivity index (χ1n) is 13.1. The molecule has 1 aliphatic rings. The lowest BCUT2D eigenvalue weighted by Crippen LogP contribution is -2.49. The molecule has 0 unspecified atom stereocenters. The number of anilines is 2. The number of sulfone groups is 1. The molecule has 1 fully saturated rings. The molecule has 0 spiro atoms. The molecule has 1 heterocycles. The van der Waals surface area contributed by atoms with Crippen molar-refractivity contribution in [2.24, 2.45) is 0 Å². The van der Waals surface area contributed by atoms with Crippen LogP contribution in [0.25, 0.3) is 11.1 Å². The Labute approximate surface area is 244 Å². The molecule has 0 radical (unpaired) electrons. The first-order chi connectivity index (χ1) is 19.5. The van der Waals surface area contributed by atoms with Crippen LogP contribution in [0.15, 0.2) is 71.6 Å². The second kappa shape index (κ2) is 13.4. The van der Waals surface area contributed by atoms with Crippen molar-refractivity contribution in [1.29, 1.82) is 0 Å².